The average Bonchev–Trinajstić information content (AvgIpc) is 2.23. The van der Waals surface area contributed by atoms with Gasteiger partial charge in [-0.2, -0.15) is 0 Å². The predicted octanol–water partition coefficient (Wildman–Crippen LogP) is 3.15. The summed E-state index contributed by atoms with van der Waals surface area (Å²) in [5.74, 6) is 1.27. The minimum Gasteiger partial charge on any atom is -0.383 e. The maximum atomic E-state index is 5.89. The zero-order valence-electron chi connectivity index (χ0n) is 10.5. The Kier molecular flexibility index (Phi) is 5.06. The number of rotatable bonds is 5. The monoisotopic (exact) mass is 239 g/mol. The van der Waals surface area contributed by atoms with E-state index in [2.05, 4.69) is 37.7 Å². The minimum atomic E-state index is 0.546. The highest BCUT2D eigenvalue weighted by molar-refractivity contribution is 7.99. The van der Waals surface area contributed by atoms with Gasteiger partial charge in [0, 0.05) is 10.8 Å². The van der Waals surface area contributed by atoms with Crippen LogP contribution in [0.2, 0.25) is 0 Å². The number of anilines is 1. The highest BCUT2D eigenvalue weighted by Gasteiger charge is 2.14. The van der Waals surface area contributed by atoms with E-state index in [1.54, 1.807) is 18.1 Å². The Morgan fingerprint density at radius 3 is 2.56 bits per heavy atom. The van der Waals surface area contributed by atoms with Gasteiger partial charge in [-0.3, -0.25) is 0 Å². The summed E-state index contributed by atoms with van der Waals surface area (Å²) in [5, 5.41) is 1.60. The molecule has 1 rings (SSSR count). The van der Waals surface area contributed by atoms with Crippen LogP contribution in [-0.4, -0.2) is 15.2 Å². The maximum Gasteiger partial charge on any atom is 0.131 e. The average molecular weight is 239 g/mol. The zero-order chi connectivity index (χ0) is 12.1. The van der Waals surface area contributed by atoms with Crippen molar-refractivity contribution in [2.24, 2.45) is 5.92 Å². The molecular formula is C12H21N3S. The molecular weight excluding hydrogens is 218 g/mol. The molecule has 0 aliphatic heterocycles. The quantitative estimate of drug-likeness (QED) is 0.633. The van der Waals surface area contributed by atoms with Crippen LogP contribution >= 0.6 is 11.8 Å². The van der Waals surface area contributed by atoms with Crippen molar-refractivity contribution in [1.82, 2.24) is 9.97 Å². The summed E-state index contributed by atoms with van der Waals surface area (Å²) in [6.45, 7) is 8.82. The van der Waals surface area contributed by atoms with Crippen LogP contribution in [-0.2, 0) is 6.42 Å². The van der Waals surface area contributed by atoms with Gasteiger partial charge >= 0.3 is 0 Å². The molecule has 3 nitrogen and oxygen atoms in total. The van der Waals surface area contributed by atoms with Crippen LogP contribution in [0.15, 0.2) is 11.4 Å². The van der Waals surface area contributed by atoms with Gasteiger partial charge in [0.1, 0.15) is 17.2 Å². The fourth-order valence-electron chi connectivity index (χ4n) is 1.31. The third-order valence-corrected chi connectivity index (χ3v) is 4.17. The zero-order valence-corrected chi connectivity index (χ0v) is 11.3. The van der Waals surface area contributed by atoms with Gasteiger partial charge in [0.05, 0.1) is 0 Å². The lowest BCUT2D eigenvalue weighted by Crippen LogP contribution is -2.08. The van der Waals surface area contributed by atoms with E-state index in [1.807, 2.05) is 0 Å². The molecule has 0 fully saturated rings. The van der Waals surface area contributed by atoms with E-state index in [4.69, 9.17) is 5.73 Å². The summed E-state index contributed by atoms with van der Waals surface area (Å²) in [4.78, 5) is 8.42. The predicted molar refractivity (Wildman–Crippen MR) is 70.6 cm³/mol. The molecule has 1 atom stereocenters. The molecule has 16 heavy (non-hydrogen) atoms. The Balaban J connectivity index is 2.90. The molecule has 0 saturated heterocycles. The number of nitrogen functional groups attached to an aromatic ring is 1. The molecule has 1 heterocycles. The molecule has 0 aromatic carbocycles. The van der Waals surface area contributed by atoms with Crippen LogP contribution in [0.1, 0.15) is 39.7 Å². The van der Waals surface area contributed by atoms with E-state index in [1.165, 1.54) is 0 Å². The Morgan fingerprint density at radius 1 is 1.31 bits per heavy atom. The first-order valence-electron chi connectivity index (χ1n) is 5.82. The van der Waals surface area contributed by atoms with E-state index in [0.29, 0.717) is 17.0 Å². The third-order valence-electron chi connectivity index (χ3n) is 2.68. The summed E-state index contributed by atoms with van der Waals surface area (Å²) < 4.78 is 0. The van der Waals surface area contributed by atoms with Gasteiger partial charge in [0.25, 0.3) is 0 Å². The first-order chi connectivity index (χ1) is 7.56. The Labute approximate surface area is 102 Å². The van der Waals surface area contributed by atoms with Crippen LogP contribution in [0.5, 0.6) is 0 Å². The van der Waals surface area contributed by atoms with Crippen molar-refractivity contribution in [3.8, 4) is 0 Å². The van der Waals surface area contributed by atoms with Crippen LogP contribution in [0, 0.1) is 5.92 Å². The molecule has 0 amide bonds. The van der Waals surface area contributed by atoms with Gasteiger partial charge in [-0.05, 0) is 12.3 Å². The van der Waals surface area contributed by atoms with Crippen molar-refractivity contribution in [2.75, 3.05) is 5.73 Å². The van der Waals surface area contributed by atoms with Gasteiger partial charge in [0.2, 0.25) is 0 Å². The second kappa shape index (κ2) is 6.09. The number of hydrogen-bond donors (Lipinski definition) is 1. The summed E-state index contributed by atoms with van der Waals surface area (Å²) in [5.41, 5.74) is 7.01. The summed E-state index contributed by atoms with van der Waals surface area (Å²) in [7, 11) is 0. The Morgan fingerprint density at radius 2 is 2.00 bits per heavy atom. The van der Waals surface area contributed by atoms with Gasteiger partial charge < -0.3 is 5.73 Å². The fourth-order valence-corrected chi connectivity index (χ4v) is 2.39. The maximum absolute atomic E-state index is 5.89. The van der Waals surface area contributed by atoms with E-state index < -0.39 is 0 Å². The molecule has 0 bridgehead atoms. The lowest BCUT2D eigenvalue weighted by Gasteiger charge is -2.16. The largest absolute Gasteiger partial charge is 0.383 e. The third kappa shape index (κ3) is 3.37. The van der Waals surface area contributed by atoms with Crippen molar-refractivity contribution in [1.29, 1.82) is 0 Å². The normalized spacial score (nSPS) is 13.1. The minimum absolute atomic E-state index is 0.546. The van der Waals surface area contributed by atoms with Crippen LogP contribution < -0.4 is 5.73 Å². The molecule has 0 saturated carbocycles. The first kappa shape index (κ1) is 13.3. The van der Waals surface area contributed by atoms with Crippen molar-refractivity contribution in [3.63, 3.8) is 0 Å². The van der Waals surface area contributed by atoms with Crippen LogP contribution in [0.25, 0.3) is 0 Å². The lowest BCUT2D eigenvalue weighted by molar-refractivity contribution is 0.641. The van der Waals surface area contributed by atoms with Gasteiger partial charge in [-0.1, -0.05) is 34.1 Å². The lowest BCUT2D eigenvalue weighted by atomic mass is 10.2. The fraction of sp³-hybridized carbons (Fsp3) is 0.667. The van der Waals surface area contributed by atoms with E-state index in [9.17, 15) is 0 Å². The highest BCUT2D eigenvalue weighted by Crippen LogP contribution is 2.30. The van der Waals surface area contributed by atoms with E-state index >= 15 is 0 Å². The van der Waals surface area contributed by atoms with Gasteiger partial charge in [-0.15, -0.1) is 11.8 Å². The summed E-state index contributed by atoms with van der Waals surface area (Å²) in [6, 6.07) is 0. The van der Waals surface area contributed by atoms with Crippen molar-refractivity contribution in [2.45, 2.75) is 50.8 Å². The topological polar surface area (TPSA) is 51.8 Å². The van der Waals surface area contributed by atoms with Gasteiger partial charge in [0.15, 0.2) is 0 Å². The number of nitrogens with two attached hydrogens (primary N) is 1. The van der Waals surface area contributed by atoms with Crippen molar-refractivity contribution >= 4 is 17.6 Å². The molecule has 1 aromatic rings. The summed E-state index contributed by atoms with van der Waals surface area (Å²) in [6.07, 6.45) is 3.59. The summed E-state index contributed by atoms with van der Waals surface area (Å²) >= 11 is 1.80. The molecule has 0 aliphatic carbocycles. The van der Waals surface area contributed by atoms with E-state index in [0.717, 1.165) is 23.4 Å². The molecule has 2 N–H and O–H groups in total. The van der Waals surface area contributed by atoms with Crippen molar-refractivity contribution < 1.29 is 0 Å². The highest BCUT2D eigenvalue weighted by atomic mass is 32.2. The number of aromatic nitrogens is 2. The van der Waals surface area contributed by atoms with Crippen LogP contribution in [0.3, 0.4) is 0 Å². The number of hydrogen-bond acceptors (Lipinski definition) is 4. The van der Waals surface area contributed by atoms with Gasteiger partial charge in [-0.25, -0.2) is 9.97 Å². The first-order valence-corrected chi connectivity index (χ1v) is 6.70. The molecule has 0 aliphatic rings. The second-order valence-electron chi connectivity index (χ2n) is 4.36. The van der Waals surface area contributed by atoms with Crippen molar-refractivity contribution in [3.05, 3.63) is 11.9 Å². The number of thioether (sulfide) groups is 1. The smallest absolute Gasteiger partial charge is 0.131 e. The molecule has 90 valence electrons. The SMILES string of the molecule is CCCc1c(N)ncnc1SC(C)C(C)C. The molecule has 1 aromatic heterocycles. The standard InChI is InChI=1S/C12H21N3S/c1-5-6-10-11(13)14-7-15-12(10)16-9(4)8(2)3/h7-9H,5-6H2,1-4H3,(H2,13,14,15). The molecule has 0 spiro atoms. The van der Waals surface area contributed by atoms with Crippen LogP contribution in [0.4, 0.5) is 5.82 Å². The molecule has 0 radical (unpaired) electrons. The van der Waals surface area contributed by atoms with E-state index in [-0.39, 0.29) is 0 Å². The molecule has 1 unspecified atom stereocenters. The number of nitrogens with zero attached hydrogens (tertiary/aromatic N) is 2. The Bertz CT molecular complexity index is 339. The Hall–Kier alpha value is -0.770. The second-order valence-corrected chi connectivity index (χ2v) is 5.73. The molecule has 4 heteroatoms.